The van der Waals surface area contributed by atoms with Crippen molar-refractivity contribution in [1.29, 1.82) is 0 Å². The number of hydrogen-bond acceptors (Lipinski definition) is 4. The molecule has 0 saturated carbocycles. The fraction of sp³-hybridized carbons (Fsp3) is 0.500. The van der Waals surface area contributed by atoms with Gasteiger partial charge in [0.25, 0.3) is 0 Å². The standard InChI is InChI=1S/C6H9NO6.Ni/c8-4(9)1-7(2-5(10)11)3-6(12)13;/h1-3H2,(H,8,9)(H,10,11)(H,12,13);. The van der Waals surface area contributed by atoms with E-state index in [1.807, 2.05) is 0 Å². The number of hydrogen-bond donors (Lipinski definition) is 3. The molecule has 3 N–H and O–H groups in total. The number of carboxylic acid groups (broad SMARTS) is 3. The van der Waals surface area contributed by atoms with E-state index in [9.17, 15) is 14.4 Å². The van der Waals surface area contributed by atoms with Gasteiger partial charge in [0, 0.05) is 16.5 Å². The van der Waals surface area contributed by atoms with E-state index < -0.39 is 37.5 Å². The van der Waals surface area contributed by atoms with Crippen molar-refractivity contribution in [3.05, 3.63) is 0 Å². The van der Waals surface area contributed by atoms with Gasteiger partial charge < -0.3 is 15.3 Å². The van der Waals surface area contributed by atoms with Crippen molar-refractivity contribution in [3.63, 3.8) is 0 Å². The van der Waals surface area contributed by atoms with Gasteiger partial charge in [-0.05, 0) is 0 Å². The summed E-state index contributed by atoms with van der Waals surface area (Å²) in [7, 11) is 0. The summed E-state index contributed by atoms with van der Waals surface area (Å²) in [5, 5.41) is 24.8. The molecule has 0 unspecified atom stereocenters. The first kappa shape index (κ1) is 15.3. The minimum Gasteiger partial charge on any atom is -0.480 e. The van der Waals surface area contributed by atoms with Crippen molar-refractivity contribution in [1.82, 2.24) is 4.90 Å². The largest absolute Gasteiger partial charge is 0.480 e. The zero-order valence-electron chi connectivity index (χ0n) is 6.95. The van der Waals surface area contributed by atoms with Gasteiger partial charge in [0.05, 0.1) is 19.6 Å². The molecule has 8 heteroatoms. The van der Waals surface area contributed by atoms with Gasteiger partial charge in [-0.1, -0.05) is 0 Å². The van der Waals surface area contributed by atoms with Crippen LogP contribution in [0.25, 0.3) is 0 Å². The van der Waals surface area contributed by atoms with Gasteiger partial charge in [-0.2, -0.15) is 0 Å². The number of carbonyl (C=O) groups is 3. The van der Waals surface area contributed by atoms with Crippen LogP contribution in [0.2, 0.25) is 0 Å². The Morgan fingerprint density at radius 1 is 0.786 bits per heavy atom. The normalized spacial score (nSPS) is 9.21. The molecular formula is C6H9NNiO6. The molecule has 0 spiro atoms. The van der Waals surface area contributed by atoms with E-state index >= 15 is 0 Å². The summed E-state index contributed by atoms with van der Waals surface area (Å²) in [6.45, 7) is -1.80. The number of nitrogens with zero attached hydrogens (tertiary/aromatic N) is 1. The molecule has 0 aromatic carbocycles. The van der Waals surface area contributed by atoms with Crippen molar-refractivity contribution in [2.24, 2.45) is 0 Å². The van der Waals surface area contributed by atoms with E-state index in [1.54, 1.807) is 0 Å². The minimum atomic E-state index is -1.26. The van der Waals surface area contributed by atoms with Gasteiger partial charge in [0.1, 0.15) is 0 Å². The van der Waals surface area contributed by atoms with Crippen LogP contribution in [0.5, 0.6) is 0 Å². The Morgan fingerprint density at radius 3 is 1.14 bits per heavy atom. The van der Waals surface area contributed by atoms with Crippen molar-refractivity contribution in [3.8, 4) is 0 Å². The van der Waals surface area contributed by atoms with Gasteiger partial charge >= 0.3 is 17.9 Å². The fourth-order valence-electron chi connectivity index (χ4n) is 0.742. The summed E-state index contributed by atoms with van der Waals surface area (Å²) in [6.07, 6.45) is 0. The van der Waals surface area contributed by atoms with Crippen molar-refractivity contribution < 1.29 is 46.2 Å². The van der Waals surface area contributed by atoms with Crippen LogP contribution >= 0.6 is 0 Å². The molecule has 0 bridgehead atoms. The van der Waals surface area contributed by atoms with Crippen LogP contribution in [-0.4, -0.2) is 57.8 Å². The molecule has 0 aliphatic carbocycles. The Morgan fingerprint density at radius 2 is 1.00 bits per heavy atom. The second-order valence-electron chi connectivity index (χ2n) is 2.33. The van der Waals surface area contributed by atoms with Crippen molar-refractivity contribution in [2.75, 3.05) is 19.6 Å². The number of aliphatic carboxylic acids is 3. The van der Waals surface area contributed by atoms with E-state index in [1.165, 1.54) is 0 Å². The third-order valence-electron chi connectivity index (χ3n) is 1.08. The molecule has 0 amide bonds. The Bertz CT molecular complexity index is 192. The van der Waals surface area contributed by atoms with Crippen LogP contribution in [0.15, 0.2) is 0 Å². The first-order valence-electron chi connectivity index (χ1n) is 3.29. The van der Waals surface area contributed by atoms with Gasteiger partial charge in [-0.25, -0.2) is 0 Å². The van der Waals surface area contributed by atoms with Gasteiger partial charge in [0.15, 0.2) is 0 Å². The Labute approximate surface area is 89.2 Å². The van der Waals surface area contributed by atoms with Crippen LogP contribution in [0.1, 0.15) is 0 Å². The summed E-state index contributed by atoms with van der Waals surface area (Å²) >= 11 is 0. The van der Waals surface area contributed by atoms with Gasteiger partial charge in [0.2, 0.25) is 0 Å². The maximum absolute atomic E-state index is 10.1. The Hall–Kier alpha value is -1.14. The molecule has 0 atom stereocenters. The molecule has 84 valence electrons. The first-order chi connectivity index (χ1) is 5.91. The number of rotatable bonds is 6. The zero-order valence-corrected chi connectivity index (χ0v) is 7.94. The predicted octanol–water partition coefficient (Wildman–Crippen LogP) is -1.46. The minimum absolute atomic E-state index is 0. The molecule has 0 heterocycles. The molecule has 0 saturated heterocycles. The third kappa shape index (κ3) is 8.96. The van der Waals surface area contributed by atoms with E-state index in [0.29, 0.717) is 0 Å². The Kier molecular flexibility index (Phi) is 7.98. The molecule has 0 radical (unpaired) electrons. The maximum atomic E-state index is 10.1. The summed E-state index contributed by atoms with van der Waals surface area (Å²) in [4.78, 5) is 31.2. The van der Waals surface area contributed by atoms with Crippen LogP contribution < -0.4 is 0 Å². The molecule has 0 aromatic rings. The maximum Gasteiger partial charge on any atom is 0.317 e. The number of carboxylic acids is 3. The second kappa shape index (κ2) is 7.28. The molecule has 0 aliphatic heterocycles. The smallest absolute Gasteiger partial charge is 0.317 e. The first-order valence-corrected chi connectivity index (χ1v) is 3.29. The summed E-state index contributed by atoms with van der Waals surface area (Å²) < 4.78 is 0. The van der Waals surface area contributed by atoms with Crippen molar-refractivity contribution >= 4 is 17.9 Å². The molecule has 7 nitrogen and oxygen atoms in total. The van der Waals surface area contributed by atoms with Gasteiger partial charge in [-0.3, -0.25) is 19.3 Å². The monoisotopic (exact) mass is 249 g/mol. The quantitative estimate of drug-likeness (QED) is 0.493. The summed E-state index contributed by atoms with van der Waals surface area (Å²) in [6, 6.07) is 0. The van der Waals surface area contributed by atoms with Crippen LogP contribution in [0, 0.1) is 0 Å². The molecule has 0 rings (SSSR count). The average Bonchev–Trinajstić information content (AvgIpc) is 1.80. The van der Waals surface area contributed by atoms with Crippen LogP contribution in [-0.2, 0) is 30.9 Å². The Balaban J connectivity index is 0. The predicted molar refractivity (Wildman–Crippen MR) is 39.3 cm³/mol. The SMILES string of the molecule is O=C(O)CN(CC(=O)O)CC(=O)O.[Ni]. The second-order valence-corrected chi connectivity index (χ2v) is 2.33. The fourth-order valence-corrected chi connectivity index (χ4v) is 0.742. The molecule has 0 fully saturated rings. The topological polar surface area (TPSA) is 115 Å². The van der Waals surface area contributed by atoms with E-state index in [4.69, 9.17) is 15.3 Å². The van der Waals surface area contributed by atoms with Crippen LogP contribution in [0.3, 0.4) is 0 Å². The van der Waals surface area contributed by atoms with Gasteiger partial charge in [-0.15, -0.1) is 0 Å². The zero-order chi connectivity index (χ0) is 10.4. The summed E-state index contributed by atoms with van der Waals surface area (Å²) in [5.74, 6) is -3.78. The molecule has 0 aliphatic rings. The summed E-state index contributed by atoms with van der Waals surface area (Å²) in [5.41, 5.74) is 0. The third-order valence-corrected chi connectivity index (χ3v) is 1.08. The van der Waals surface area contributed by atoms with Crippen LogP contribution in [0.4, 0.5) is 0 Å². The van der Waals surface area contributed by atoms with E-state index in [2.05, 4.69) is 0 Å². The molecule has 14 heavy (non-hydrogen) atoms. The van der Waals surface area contributed by atoms with E-state index in [-0.39, 0.29) is 16.5 Å². The average molecular weight is 250 g/mol. The molecular weight excluding hydrogens is 241 g/mol. The molecule has 0 aromatic heterocycles. The van der Waals surface area contributed by atoms with E-state index in [0.717, 1.165) is 4.90 Å². The van der Waals surface area contributed by atoms with Crippen molar-refractivity contribution in [2.45, 2.75) is 0 Å².